The van der Waals surface area contributed by atoms with Crippen LogP contribution in [-0.2, 0) is 23.0 Å². The Morgan fingerprint density at radius 1 is 1.42 bits per heavy atom. The molecule has 0 aliphatic rings. The first kappa shape index (κ1) is 18.4. The van der Waals surface area contributed by atoms with Gasteiger partial charge in [-0.05, 0) is 25.5 Å². The van der Waals surface area contributed by atoms with E-state index in [4.69, 9.17) is 4.74 Å². The van der Waals surface area contributed by atoms with Gasteiger partial charge < -0.3 is 9.30 Å². The van der Waals surface area contributed by atoms with Gasteiger partial charge in [-0.2, -0.15) is 0 Å². The van der Waals surface area contributed by atoms with Gasteiger partial charge in [0.05, 0.1) is 0 Å². The van der Waals surface area contributed by atoms with Gasteiger partial charge in [-0.1, -0.05) is 37.6 Å². The number of hydrogen-bond acceptors (Lipinski definition) is 6. The number of carbonyl (C=O) groups is 1. The van der Waals surface area contributed by atoms with Crippen molar-refractivity contribution in [3.8, 4) is 0 Å². The van der Waals surface area contributed by atoms with E-state index in [9.17, 15) is 4.79 Å². The van der Waals surface area contributed by atoms with Crippen LogP contribution in [-0.4, -0.2) is 37.1 Å². The van der Waals surface area contributed by atoms with Crippen molar-refractivity contribution in [1.82, 2.24) is 19.7 Å². The molecule has 2 heterocycles. The number of rotatable bonds is 9. The summed E-state index contributed by atoms with van der Waals surface area (Å²) in [6.07, 6.45) is 6.82. The van der Waals surface area contributed by atoms with E-state index < -0.39 is 0 Å². The Hall–Kier alpha value is -1.89. The molecule has 2 aromatic rings. The summed E-state index contributed by atoms with van der Waals surface area (Å²) in [5.41, 5.74) is 0.944. The van der Waals surface area contributed by atoms with E-state index in [1.807, 2.05) is 32.2 Å². The van der Waals surface area contributed by atoms with Crippen LogP contribution in [0.4, 0.5) is 0 Å². The van der Waals surface area contributed by atoms with Crippen molar-refractivity contribution in [3.05, 3.63) is 36.4 Å². The van der Waals surface area contributed by atoms with Gasteiger partial charge in [0.2, 0.25) is 0 Å². The number of unbranched alkanes of at least 4 members (excludes halogenated alkanes) is 1. The van der Waals surface area contributed by atoms with Crippen LogP contribution in [0.15, 0.2) is 35.9 Å². The first-order valence-electron chi connectivity index (χ1n) is 8.21. The fourth-order valence-corrected chi connectivity index (χ4v) is 3.01. The molecule has 0 N–H and O–H groups in total. The van der Waals surface area contributed by atoms with Gasteiger partial charge in [0.15, 0.2) is 5.16 Å². The smallest absolute Gasteiger partial charge is 0.319 e. The zero-order valence-electron chi connectivity index (χ0n) is 14.4. The lowest BCUT2D eigenvalue weighted by Crippen LogP contribution is -2.26. The van der Waals surface area contributed by atoms with Crippen molar-refractivity contribution in [3.63, 3.8) is 0 Å². The summed E-state index contributed by atoms with van der Waals surface area (Å²) in [5.74, 6) is -0.222. The summed E-state index contributed by atoms with van der Waals surface area (Å²) in [6, 6.07) is 5.80. The zero-order chi connectivity index (χ0) is 17.4. The molecule has 0 bridgehead atoms. The number of aromatic nitrogens is 4. The van der Waals surface area contributed by atoms with E-state index in [0.717, 1.165) is 25.0 Å². The highest BCUT2D eigenvalue weighted by Crippen LogP contribution is 2.22. The van der Waals surface area contributed by atoms with Gasteiger partial charge in [-0.15, -0.1) is 10.2 Å². The predicted octanol–water partition coefficient (Wildman–Crippen LogP) is 3.04. The standard InChI is InChI=1S/C17H24N4O2S/c1-4-5-9-15(11-14-8-6-7-10-18-14)23-16(22)13(2)24-17-20-19-12-21(17)3/h6-8,10,12-13,15H,4-5,9,11H2,1-3H3/t13-,15+/m1/s1. The second-order valence-electron chi connectivity index (χ2n) is 5.71. The molecular formula is C17H24N4O2S. The zero-order valence-corrected chi connectivity index (χ0v) is 15.2. The van der Waals surface area contributed by atoms with Crippen LogP contribution in [0, 0.1) is 0 Å². The van der Waals surface area contributed by atoms with E-state index in [1.54, 1.807) is 17.1 Å². The Balaban J connectivity index is 1.94. The summed E-state index contributed by atoms with van der Waals surface area (Å²) in [4.78, 5) is 16.8. The van der Waals surface area contributed by atoms with Crippen LogP contribution in [0.3, 0.4) is 0 Å². The minimum absolute atomic E-state index is 0.144. The molecule has 24 heavy (non-hydrogen) atoms. The van der Waals surface area contributed by atoms with Crippen molar-refractivity contribution in [2.24, 2.45) is 7.05 Å². The normalized spacial score (nSPS) is 13.5. The van der Waals surface area contributed by atoms with Gasteiger partial charge in [0, 0.05) is 25.4 Å². The quantitative estimate of drug-likeness (QED) is 0.512. The second-order valence-corrected chi connectivity index (χ2v) is 7.02. The maximum atomic E-state index is 12.4. The van der Waals surface area contributed by atoms with Gasteiger partial charge >= 0.3 is 5.97 Å². The molecule has 0 amide bonds. The van der Waals surface area contributed by atoms with Gasteiger partial charge in [-0.25, -0.2) is 0 Å². The van der Waals surface area contributed by atoms with Crippen molar-refractivity contribution in [1.29, 1.82) is 0 Å². The number of nitrogens with zero attached hydrogens (tertiary/aromatic N) is 4. The molecule has 0 fully saturated rings. The summed E-state index contributed by atoms with van der Waals surface area (Å²) in [5, 5.41) is 8.19. The average Bonchev–Trinajstić information content (AvgIpc) is 2.98. The van der Waals surface area contributed by atoms with Crippen molar-refractivity contribution < 1.29 is 9.53 Å². The lowest BCUT2D eigenvalue weighted by molar-refractivity contribution is -0.148. The van der Waals surface area contributed by atoms with Crippen molar-refractivity contribution in [2.45, 2.75) is 56.0 Å². The van der Waals surface area contributed by atoms with Crippen LogP contribution >= 0.6 is 11.8 Å². The third-order valence-corrected chi connectivity index (χ3v) is 4.74. The second kappa shape index (κ2) is 9.42. The van der Waals surface area contributed by atoms with E-state index in [1.165, 1.54) is 11.8 Å². The molecule has 0 unspecified atom stereocenters. The Labute approximate surface area is 147 Å². The molecule has 0 saturated heterocycles. The molecule has 0 saturated carbocycles. The monoisotopic (exact) mass is 348 g/mol. The average molecular weight is 348 g/mol. The van der Waals surface area contributed by atoms with E-state index in [-0.39, 0.29) is 17.3 Å². The lowest BCUT2D eigenvalue weighted by atomic mass is 10.1. The van der Waals surface area contributed by atoms with Crippen LogP contribution in [0.5, 0.6) is 0 Å². The highest BCUT2D eigenvalue weighted by molar-refractivity contribution is 8.00. The molecule has 7 heteroatoms. The first-order valence-corrected chi connectivity index (χ1v) is 9.09. The maximum Gasteiger partial charge on any atom is 0.319 e. The van der Waals surface area contributed by atoms with E-state index >= 15 is 0 Å². The van der Waals surface area contributed by atoms with E-state index in [2.05, 4.69) is 22.1 Å². The summed E-state index contributed by atoms with van der Waals surface area (Å²) in [6.45, 7) is 3.96. The van der Waals surface area contributed by atoms with E-state index in [0.29, 0.717) is 11.6 Å². The predicted molar refractivity (Wildman–Crippen MR) is 93.7 cm³/mol. The van der Waals surface area contributed by atoms with Crippen LogP contribution in [0.25, 0.3) is 0 Å². The Morgan fingerprint density at radius 3 is 2.88 bits per heavy atom. The maximum absolute atomic E-state index is 12.4. The highest BCUT2D eigenvalue weighted by atomic mass is 32.2. The van der Waals surface area contributed by atoms with Crippen molar-refractivity contribution in [2.75, 3.05) is 0 Å². The third-order valence-electron chi connectivity index (χ3n) is 3.61. The Morgan fingerprint density at radius 2 is 2.25 bits per heavy atom. The molecule has 0 spiro atoms. The molecule has 0 aliphatic heterocycles. The fraction of sp³-hybridized carbons (Fsp3) is 0.529. The molecule has 2 rings (SSSR count). The SMILES string of the molecule is CCCC[C@@H](Cc1ccccn1)OC(=O)[C@@H](C)Sc1nncn1C. The number of pyridine rings is 1. The number of thioether (sulfide) groups is 1. The van der Waals surface area contributed by atoms with Gasteiger partial charge in [0.25, 0.3) is 0 Å². The fourth-order valence-electron chi connectivity index (χ4n) is 2.23. The van der Waals surface area contributed by atoms with Gasteiger partial charge in [-0.3, -0.25) is 9.78 Å². The number of ether oxygens (including phenoxy) is 1. The summed E-state index contributed by atoms with van der Waals surface area (Å²) < 4.78 is 7.54. The molecule has 6 nitrogen and oxygen atoms in total. The van der Waals surface area contributed by atoms with Crippen LogP contribution in [0.1, 0.15) is 38.8 Å². The minimum atomic E-state index is -0.333. The molecule has 0 aliphatic carbocycles. The molecule has 2 atom stereocenters. The molecule has 2 aromatic heterocycles. The van der Waals surface area contributed by atoms with Crippen LogP contribution < -0.4 is 0 Å². The highest BCUT2D eigenvalue weighted by Gasteiger charge is 2.22. The Kier molecular flexibility index (Phi) is 7.24. The van der Waals surface area contributed by atoms with Gasteiger partial charge in [0.1, 0.15) is 17.7 Å². The Bertz CT molecular complexity index is 633. The molecular weight excluding hydrogens is 324 g/mol. The number of aryl methyl sites for hydroxylation is 1. The molecule has 130 valence electrons. The molecule has 0 aromatic carbocycles. The lowest BCUT2D eigenvalue weighted by Gasteiger charge is -2.19. The third kappa shape index (κ3) is 5.63. The first-order chi connectivity index (χ1) is 11.6. The number of hydrogen-bond donors (Lipinski definition) is 0. The summed E-state index contributed by atoms with van der Waals surface area (Å²) in [7, 11) is 1.85. The van der Waals surface area contributed by atoms with Crippen molar-refractivity contribution >= 4 is 17.7 Å². The number of esters is 1. The minimum Gasteiger partial charge on any atom is -0.461 e. The topological polar surface area (TPSA) is 69.9 Å². The van der Waals surface area contributed by atoms with Crippen LogP contribution in [0.2, 0.25) is 0 Å². The molecule has 0 radical (unpaired) electrons. The summed E-state index contributed by atoms with van der Waals surface area (Å²) >= 11 is 1.36. The number of carbonyl (C=O) groups excluding carboxylic acids is 1. The largest absolute Gasteiger partial charge is 0.461 e.